The van der Waals surface area contributed by atoms with Crippen molar-refractivity contribution < 1.29 is 9.53 Å². The molecule has 2 fully saturated rings. The second-order valence-corrected chi connectivity index (χ2v) is 6.30. The zero-order valence-corrected chi connectivity index (χ0v) is 13.8. The Morgan fingerprint density at radius 1 is 1.26 bits per heavy atom. The summed E-state index contributed by atoms with van der Waals surface area (Å²) in [6.07, 6.45) is 1.69. The summed E-state index contributed by atoms with van der Waals surface area (Å²) in [7, 11) is 2.15. The second kappa shape index (κ2) is 7.15. The van der Waals surface area contributed by atoms with E-state index in [-0.39, 0.29) is 5.91 Å². The van der Waals surface area contributed by atoms with E-state index < -0.39 is 0 Å². The van der Waals surface area contributed by atoms with E-state index in [1.807, 2.05) is 29.2 Å². The summed E-state index contributed by atoms with van der Waals surface area (Å²) in [5.41, 5.74) is 0.645. The van der Waals surface area contributed by atoms with Crippen molar-refractivity contribution in [2.24, 2.45) is 0 Å². The first-order chi connectivity index (χ1) is 11.2. The molecule has 0 N–H and O–H groups in total. The number of benzene rings is 1. The molecule has 0 radical (unpaired) electrons. The zero-order valence-electron chi connectivity index (χ0n) is 13.8. The molecule has 5 nitrogen and oxygen atoms in total. The molecular weight excluding hydrogens is 290 g/mol. The Labute approximate surface area is 138 Å². The molecule has 1 aromatic carbocycles. The number of carbonyl (C=O) groups is 1. The minimum absolute atomic E-state index is 0.0672. The number of likely N-dealkylation sites (N-methyl/N-ethyl adjacent to an activating group) is 1. The Morgan fingerprint density at radius 3 is 2.87 bits per heavy atom. The predicted molar refractivity (Wildman–Crippen MR) is 90.9 cm³/mol. The Kier molecular flexibility index (Phi) is 4.98. The number of hydrogen-bond acceptors (Lipinski definition) is 4. The van der Waals surface area contributed by atoms with Crippen molar-refractivity contribution in [3.8, 4) is 5.75 Å². The SMILES string of the molecule is C=CCOc1ccccc1C(=O)N1CCN2CCN(C)C[C@@H]2C1. The Bertz CT molecular complexity index is 575. The average Bonchev–Trinajstić information content (AvgIpc) is 2.59. The van der Waals surface area contributed by atoms with Gasteiger partial charge in [-0.3, -0.25) is 9.69 Å². The van der Waals surface area contributed by atoms with Gasteiger partial charge < -0.3 is 14.5 Å². The van der Waals surface area contributed by atoms with Gasteiger partial charge in [0.05, 0.1) is 5.56 Å². The highest BCUT2D eigenvalue weighted by molar-refractivity contribution is 5.97. The maximum Gasteiger partial charge on any atom is 0.257 e. The van der Waals surface area contributed by atoms with Crippen molar-refractivity contribution >= 4 is 5.91 Å². The van der Waals surface area contributed by atoms with Crippen LogP contribution in [0.4, 0.5) is 0 Å². The van der Waals surface area contributed by atoms with E-state index in [9.17, 15) is 4.79 Å². The molecule has 2 aliphatic heterocycles. The van der Waals surface area contributed by atoms with Crippen LogP contribution in [0.25, 0.3) is 0 Å². The average molecular weight is 315 g/mol. The molecule has 3 rings (SSSR count). The van der Waals surface area contributed by atoms with Gasteiger partial charge in [0.25, 0.3) is 5.91 Å². The Hall–Kier alpha value is -1.85. The molecule has 0 aromatic heterocycles. The smallest absolute Gasteiger partial charge is 0.257 e. The predicted octanol–water partition coefficient (Wildman–Crippen LogP) is 1.32. The highest BCUT2D eigenvalue weighted by Gasteiger charge is 2.33. The van der Waals surface area contributed by atoms with Gasteiger partial charge in [-0.1, -0.05) is 24.8 Å². The number of rotatable bonds is 4. The van der Waals surface area contributed by atoms with Crippen molar-refractivity contribution in [2.75, 3.05) is 52.9 Å². The van der Waals surface area contributed by atoms with Gasteiger partial charge in [-0.25, -0.2) is 0 Å². The normalized spacial score (nSPS) is 22.5. The quantitative estimate of drug-likeness (QED) is 0.785. The number of carbonyl (C=O) groups excluding carboxylic acids is 1. The van der Waals surface area contributed by atoms with E-state index in [0.717, 1.165) is 39.3 Å². The summed E-state index contributed by atoms with van der Waals surface area (Å²) in [6, 6.07) is 7.91. The fourth-order valence-corrected chi connectivity index (χ4v) is 3.38. The van der Waals surface area contributed by atoms with Gasteiger partial charge in [-0.2, -0.15) is 0 Å². The van der Waals surface area contributed by atoms with Crippen LogP contribution < -0.4 is 4.74 Å². The third kappa shape index (κ3) is 3.57. The lowest BCUT2D eigenvalue weighted by molar-refractivity contribution is 0.0188. The van der Waals surface area contributed by atoms with Gasteiger partial charge >= 0.3 is 0 Å². The van der Waals surface area contributed by atoms with Crippen LogP contribution in [0.15, 0.2) is 36.9 Å². The molecule has 1 atom stereocenters. The number of ether oxygens (including phenoxy) is 1. The van der Waals surface area contributed by atoms with E-state index in [2.05, 4.69) is 23.4 Å². The lowest BCUT2D eigenvalue weighted by Gasteiger charge is -2.46. The second-order valence-electron chi connectivity index (χ2n) is 6.30. The van der Waals surface area contributed by atoms with Crippen LogP contribution >= 0.6 is 0 Å². The first-order valence-electron chi connectivity index (χ1n) is 8.23. The summed E-state index contributed by atoms with van der Waals surface area (Å²) in [4.78, 5) is 19.7. The van der Waals surface area contributed by atoms with Gasteiger partial charge in [-0.05, 0) is 19.2 Å². The third-order valence-electron chi connectivity index (χ3n) is 4.66. The number of fused-ring (bicyclic) bond motifs is 1. The van der Waals surface area contributed by atoms with Crippen molar-refractivity contribution in [3.05, 3.63) is 42.5 Å². The number of amides is 1. The molecule has 0 saturated carbocycles. The zero-order chi connectivity index (χ0) is 16.2. The van der Waals surface area contributed by atoms with Crippen LogP contribution in [0.5, 0.6) is 5.75 Å². The monoisotopic (exact) mass is 315 g/mol. The molecule has 2 heterocycles. The highest BCUT2D eigenvalue weighted by Crippen LogP contribution is 2.22. The number of hydrogen-bond donors (Lipinski definition) is 0. The van der Waals surface area contributed by atoms with E-state index in [1.54, 1.807) is 6.08 Å². The number of nitrogens with zero attached hydrogens (tertiary/aromatic N) is 3. The molecule has 0 unspecified atom stereocenters. The van der Waals surface area contributed by atoms with Crippen molar-refractivity contribution in [1.29, 1.82) is 0 Å². The summed E-state index contributed by atoms with van der Waals surface area (Å²) in [6.45, 7) is 9.84. The Balaban J connectivity index is 1.72. The van der Waals surface area contributed by atoms with E-state index in [1.165, 1.54) is 0 Å². The van der Waals surface area contributed by atoms with Crippen molar-refractivity contribution in [1.82, 2.24) is 14.7 Å². The standard InChI is InChI=1S/C18H25N3O2/c1-3-12-23-17-7-5-4-6-16(17)18(22)21-11-10-20-9-8-19(2)13-15(20)14-21/h3-7,15H,1,8-14H2,2H3/t15-/m1/s1. The first-order valence-corrected chi connectivity index (χ1v) is 8.23. The lowest BCUT2D eigenvalue weighted by Crippen LogP contribution is -2.62. The maximum atomic E-state index is 12.9. The first kappa shape index (κ1) is 16.0. The van der Waals surface area contributed by atoms with E-state index in [4.69, 9.17) is 4.74 Å². The summed E-state index contributed by atoms with van der Waals surface area (Å²) >= 11 is 0. The molecule has 1 aromatic rings. The number of piperazine rings is 2. The molecular formula is C18H25N3O2. The van der Waals surface area contributed by atoms with Crippen LogP contribution in [0.2, 0.25) is 0 Å². The van der Waals surface area contributed by atoms with Crippen LogP contribution in [0.3, 0.4) is 0 Å². The molecule has 124 valence electrons. The minimum Gasteiger partial charge on any atom is -0.489 e. The molecule has 2 saturated heterocycles. The molecule has 0 aliphatic carbocycles. The van der Waals surface area contributed by atoms with Crippen LogP contribution in [0.1, 0.15) is 10.4 Å². The number of para-hydroxylation sites is 1. The molecule has 2 aliphatic rings. The van der Waals surface area contributed by atoms with Gasteiger partial charge in [0.1, 0.15) is 12.4 Å². The topological polar surface area (TPSA) is 36.0 Å². The molecule has 1 amide bonds. The molecule has 0 spiro atoms. The third-order valence-corrected chi connectivity index (χ3v) is 4.66. The molecule has 0 bridgehead atoms. The Morgan fingerprint density at radius 2 is 2.04 bits per heavy atom. The van der Waals surface area contributed by atoms with E-state index in [0.29, 0.717) is 24.0 Å². The fourth-order valence-electron chi connectivity index (χ4n) is 3.38. The molecule has 23 heavy (non-hydrogen) atoms. The van der Waals surface area contributed by atoms with Crippen molar-refractivity contribution in [3.63, 3.8) is 0 Å². The van der Waals surface area contributed by atoms with Gasteiger partial charge in [-0.15, -0.1) is 0 Å². The van der Waals surface area contributed by atoms with Crippen LogP contribution in [-0.2, 0) is 0 Å². The highest BCUT2D eigenvalue weighted by atomic mass is 16.5. The van der Waals surface area contributed by atoms with Crippen LogP contribution in [-0.4, -0.2) is 79.6 Å². The van der Waals surface area contributed by atoms with Gasteiger partial charge in [0.15, 0.2) is 0 Å². The van der Waals surface area contributed by atoms with E-state index >= 15 is 0 Å². The minimum atomic E-state index is 0.0672. The van der Waals surface area contributed by atoms with Crippen molar-refractivity contribution in [2.45, 2.75) is 6.04 Å². The summed E-state index contributed by atoms with van der Waals surface area (Å²) < 4.78 is 5.64. The summed E-state index contributed by atoms with van der Waals surface area (Å²) in [5.74, 6) is 0.707. The lowest BCUT2D eigenvalue weighted by atomic mass is 10.1. The summed E-state index contributed by atoms with van der Waals surface area (Å²) in [5, 5.41) is 0. The maximum absolute atomic E-state index is 12.9. The van der Waals surface area contributed by atoms with Gasteiger partial charge in [0.2, 0.25) is 0 Å². The largest absolute Gasteiger partial charge is 0.489 e. The molecule has 5 heteroatoms. The fraction of sp³-hybridized carbons (Fsp3) is 0.500. The van der Waals surface area contributed by atoms with Crippen LogP contribution in [0, 0.1) is 0 Å². The van der Waals surface area contributed by atoms with Gasteiger partial charge in [0, 0.05) is 45.3 Å².